The minimum Gasteiger partial charge on any atom is -0.463 e. The fourth-order valence-electron chi connectivity index (χ4n) is 2.84. The summed E-state index contributed by atoms with van der Waals surface area (Å²) < 4.78 is 6.66. The monoisotopic (exact) mass is 408 g/mol. The van der Waals surface area contributed by atoms with Crippen LogP contribution < -0.4 is 10.1 Å². The van der Waals surface area contributed by atoms with Gasteiger partial charge in [0.25, 0.3) is 0 Å². The van der Waals surface area contributed by atoms with Crippen LogP contribution in [0.15, 0.2) is 54.9 Å². The average Bonchev–Trinajstić information content (AvgIpc) is 3.46. The van der Waals surface area contributed by atoms with E-state index in [1.807, 2.05) is 42.5 Å². The molecule has 0 radical (unpaired) electrons. The van der Waals surface area contributed by atoms with Crippen LogP contribution >= 0.6 is 22.9 Å². The van der Waals surface area contributed by atoms with Crippen molar-refractivity contribution >= 4 is 44.0 Å². The second-order valence-corrected chi connectivity index (χ2v) is 8.31. The summed E-state index contributed by atoms with van der Waals surface area (Å²) in [6.45, 7) is 0.720. The van der Waals surface area contributed by atoms with Crippen molar-refractivity contribution in [3.05, 3.63) is 59.9 Å². The first kappa shape index (κ1) is 17.4. The molecule has 0 saturated heterocycles. The predicted molar refractivity (Wildman–Crippen MR) is 114 cm³/mol. The number of thiazole rings is 1. The standard InChI is InChI=1S/C21H17ClN4OS/c22-16-5-8-18-19(9-16)28-21(26-18)25-17-6-3-14(4-7-17)15-10-23-20(24-11-15)27-12-13-1-2-13/h3-11,13H,1-2,12H2,(H,25,26). The highest BCUT2D eigenvalue weighted by Crippen LogP contribution is 2.31. The number of nitrogens with one attached hydrogen (secondary N) is 1. The third-order valence-electron chi connectivity index (χ3n) is 4.59. The molecule has 0 unspecified atom stereocenters. The Balaban J connectivity index is 1.27. The Hall–Kier alpha value is -2.70. The quantitative estimate of drug-likeness (QED) is 0.427. The van der Waals surface area contributed by atoms with E-state index in [9.17, 15) is 0 Å². The number of hydrogen-bond acceptors (Lipinski definition) is 6. The number of hydrogen-bond donors (Lipinski definition) is 1. The Morgan fingerprint density at radius 2 is 1.82 bits per heavy atom. The maximum atomic E-state index is 6.05. The summed E-state index contributed by atoms with van der Waals surface area (Å²) in [5.41, 5.74) is 3.92. The van der Waals surface area contributed by atoms with Gasteiger partial charge in [-0.2, -0.15) is 0 Å². The van der Waals surface area contributed by atoms with Gasteiger partial charge in [0.2, 0.25) is 0 Å². The van der Waals surface area contributed by atoms with E-state index in [2.05, 4.69) is 20.3 Å². The van der Waals surface area contributed by atoms with E-state index < -0.39 is 0 Å². The second kappa shape index (κ2) is 7.37. The lowest BCUT2D eigenvalue weighted by Crippen LogP contribution is -2.02. The van der Waals surface area contributed by atoms with E-state index >= 15 is 0 Å². The van der Waals surface area contributed by atoms with Crippen LogP contribution in [0, 0.1) is 5.92 Å². The summed E-state index contributed by atoms with van der Waals surface area (Å²) in [5.74, 6) is 0.690. The smallest absolute Gasteiger partial charge is 0.316 e. The fourth-order valence-corrected chi connectivity index (χ4v) is 4.00. The fraction of sp³-hybridized carbons (Fsp3) is 0.190. The average molecular weight is 409 g/mol. The molecular formula is C21H17ClN4OS. The molecule has 0 bridgehead atoms. The van der Waals surface area contributed by atoms with Crippen molar-refractivity contribution in [3.63, 3.8) is 0 Å². The first-order valence-electron chi connectivity index (χ1n) is 9.11. The van der Waals surface area contributed by atoms with Crippen molar-refractivity contribution in [2.24, 2.45) is 5.92 Å². The SMILES string of the molecule is Clc1ccc2nc(Nc3ccc(-c4cnc(OCC5CC5)nc4)cc3)sc2c1. The third kappa shape index (κ3) is 3.93. The number of rotatable bonds is 6. The molecule has 1 saturated carbocycles. The highest BCUT2D eigenvalue weighted by molar-refractivity contribution is 7.22. The van der Waals surface area contributed by atoms with Crippen LogP contribution in [-0.4, -0.2) is 21.6 Å². The maximum Gasteiger partial charge on any atom is 0.316 e. The third-order valence-corrected chi connectivity index (χ3v) is 5.76. The molecule has 0 amide bonds. The molecule has 2 aromatic carbocycles. The van der Waals surface area contributed by atoms with E-state index in [-0.39, 0.29) is 0 Å². The first-order valence-corrected chi connectivity index (χ1v) is 10.3. The Morgan fingerprint density at radius 1 is 1.04 bits per heavy atom. The van der Waals surface area contributed by atoms with Crippen LogP contribution in [0.2, 0.25) is 5.02 Å². The Kier molecular flexibility index (Phi) is 4.58. The van der Waals surface area contributed by atoms with Gasteiger partial charge in [0, 0.05) is 28.7 Å². The summed E-state index contributed by atoms with van der Waals surface area (Å²) >= 11 is 7.63. The largest absolute Gasteiger partial charge is 0.463 e. The van der Waals surface area contributed by atoms with Crippen LogP contribution in [0.1, 0.15) is 12.8 Å². The number of fused-ring (bicyclic) bond motifs is 1. The van der Waals surface area contributed by atoms with Gasteiger partial charge in [-0.15, -0.1) is 0 Å². The molecular weight excluding hydrogens is 392 g/mol. The zero-order chi connectivity index (χ0) is 18.9. The molecule has 5 rings (SSSR count). The molecule has 140 valence electrons. The van der Waals surface area contributed by atoms with Gasteiger partial charge in [0.05, 0.1) is 16.8 Å². The van der Waals surface area contributed by atoms with Crippen LogP contribution in [0.25, 0.3) is 21.3 Å². The van der Waals surface area contributed by atoms with Crippen LogP contribution in [0.3, 0.4) is 0 Å². The molecule has 1 aliphatic carbocycles. The maximum absolute atomic E-state index is 6.05. The molecule has 5 nitrogen and oxygen atoms in total. The molecule has 1 N–H and O–H groups in total. The van der Waals surface area contributed by atoms with Gasteiger partial charge in [-0.1, -0.05) is 35.1 Å². The summed E-state index contributed by atoms with van der Waals surface area (Å²) in [4.78, 5) is 13.2. The summed E-state index contributed by atoms with van der Waals surface area (Å²) in [7, 11) is 0. The molecule has 0 atom stereocenters. The van der Waals surface area contributed by atoms with E-state index in [0.717, 1.165) is 43.8 Å². The van der Waals surface area contributed by atoms with Crippen molar-refractivity contribution in [2.45, 2.75) is 12.8 Å². The van der Waals surface area contributed by atoms with Gasteiger partial charge in [0.15, 0.2) is 5.13 Å². The van der Waals surface area contributed by atoms with E-state index in [1.54, 1.807) is 23.7 Å². The zero-order valence-corrected chi connectivity index (χ0v) is 16.5. The summed E-state index contributed by atoms with van der Waals surface area (Å²) in [6.07, 6.45) is 6.11. The highest BCUT2D eigenvalue weighted by atomic mass is 35.5. The van der Waals surface area contributed by atoms with Gasteiger partial charge in [-0.05, 0) is 54.7 Å². The molecule has 0 aliphatic heterocycles. The van der Waals surface area contributed by atoms with Gasteiger partial charge < -0.3 is 10.1 Å². The van der Waals surface area contributed by atoms with Crippen LogP contribution in [0.4, 0.5) is 10.8 Å². The normalized spacial score (nSPS) is 13.6. The van der Waals surface area contributed by atoms with E-state index in [4.69, 9.17) is 16.3 Å². The van der Waals surface area contributed by atoms with Crippen molar-refractivity contribution in [3.8, 4) is 17.1 Å². The van der Waals surface area contributed by atoms with Gasteiger partial charge >= 0.3 is 6.01 Å². The zero-order valence-electron chi connectivity index (χ0n) is 14.9. The lowest BCUT2D eigenvalue weighted by Gasteiger charge is -2.06. The number of anilines is 2. The van der Waals surface area contributed by atoms with Crippen molar-refractivity contribution in [2.75, 3.05) is 11.9 Å². The molecule has 28 heavy (non-hydrogen) atoms. The number of ether oxygens (including phenoxy) is 1. The lowest BCUT2D eigenvalue weighted by atomic mass is 10.1. The number of halogens is 1. The van der Waals surface area contributed by atoms with Crippen molar-refractivity contribution in [1.82, 2.24) is 15.0 Å². The predicted octanol–water partition coefficient (Wildman–Crippen LogP) is 5.94. The molecule has 2 heterocycles. The number of benzene rings is 2. The highest BCUT2D eigenvalue weighted by Gasteiger charge is 2.22. The van der Waals surface area contributed by atoms with Gasteiger partial charge in [-0.3, -0.25) is 0 Å². The minimum absolute atomic E-state index is 0.449. The Bertz CT molecular complexity index is 1110. The first-order chi connectivity index (χ1) is 13.7. The molecule has 2 aromatic heterocycles. The molecule has 1 fully saturated rings. The molecule has 0 spiro atoms. The molecule has 4 aromatic rings. The van der Waals surface area contributed by atoms with E-state index in [0.29, 0.717) is 11.9 Å². The van der Waals surface area contributed by atoms with Crippen molar-refractivity contribution < 1.29 is 4.74 Å². The summed E-state index contributed by atoms with van der Waals surface area (Å²) in [6, 6.07) is 14.3. The van der Waals surface area contributed by atoms with E-state index in [1.165, 1.54) is 12.8 Å². The lowest BCUT2D eigenvalue weighted by molar-refractivity contribution is 0.276. The topological polar surface area (TPSA) is 59.9 Å². The Morgan fingerprint density at radius 3 is 2.57 bits per heavy atom. The summed E-state index contributed by atoms with van der Waals surface area (Å²) in [5, 5.41) is 4.91. The number of aromatic nitrogens is 3. The van der Waals surface area contributed by atoms with Crippen molar-refractivity contribution in [1.29, 1.82) is 0 Å². The molecule has 1 aliphatic rings. The second-order valence-electron chi connectivity index (χ2n) is 6.84. The van der Waals surface area contributed by atoms with Gasteiger partial charge in [0.1, 0.15) is 0 Å². The van der Waals surface area contributed by atoms with Gasteiger partial charge in [-0.25, -0.2) is 15.0 Å². The Labute approximate surface area is 171 Å². The number of nitrogens with zero attached hydrogens (tertiary/aromatic N) is 3. The minimum atomic E-state index is 0.449. The van der Waals surface area contributed by atoms with Crippen LogP contribution in [-0.2, 0) is 0 Å². The molecule has 7 heteroatoms. The van der Waals surface area contributed by atoms with Crippen LogP contribution in [0.5, 0.6) is 6.01 Å².